The molecule has 0 saturated heterocycles. The van der Waals surface area contributed by atoms with E-state index in [0.717, 1.165) is 13.2 Å². The number of rotatable bonds is 8. The average Bonchev–Trinajstić information content (AvgIpc) is 2.11. The second-order valence-electron chi connectivity index (χ2n) is 3.69. The molecule has 1 nitrogen and oxygen atoms in total. The number of hydrogen-bond acceptors (Lipinski definition) is 1. The highest BCUT2D eigenvalue weighted by atomic mass is 16.5. The molecule has 0 aromatic heterocycles. The Morgan fingerprint density at radius 1 is 1.15 bits per heavy atom. The summed E-state index contributed by atoms with van der Waals surface area (Å²) in [5.41, 5.74) is 0. The van der Waals surface area contributed by atoms with E-state index in [1.54, 1.807) is 0 Å². The van der Waals surface area contributed by atoms with E-state index in [1.165, 1.54) is 25.7 Å². The van der Waals surface area contributed by atoms with Gasteiger partial charge in [0.1, 0.15) is 0 Å². The maximum Gasteiger partial charge on any atom is 0.0647 e. The molecule has 0 aliphatic carbocycles. The average molecular weight is 184 g/mol. The van der Waals surface area contributed by atoms with Gasteiger partial charge in [-0.25, -0.2) is 0 Å². The minimum absolute atomic E-state index is 0.713. The Balaban J connectivity index is 3.15. The molecule has 0 N–H and O–H groups in total. The third-order valence-electron chi connectivity index (χ3n) is 2.02. The fraction of sp³-hybridized carbons (Fsp3) is 0.833. The lowest BCUT2D eigenvalue weighted by molar-refractivity contribution is 0.125. The van der Waals surface area contributed by atoms with Crippen LogP contribution >= 0.6 is 0 Å². The second kappa shape index (κ2) is 9.79. The van der Waals surface area contributed by atoms with Crippen molar-refractivity contribution in [2.45, 2.75) is 46.5 Å². The van der Waals surface area contributed by atoms with Crippen LogP contribution in [0.25, 0.3) is 0 Å². The van der Waals surface area contributed by atoms with Crippen LogP contribution in [0.3, 0.4) is 0 Å². The van der Waals surface area contributed by atoms with E-state index >= 15 is 0 Å². The molecule has 1 heteroatoms. The lowest BCUT2D eigenvalue weighted by atomic mass is 10.1. The lowest BCUT2D eigenvalue weighted by Crippen LogP contribution is -2.05. The van der Waals surface area contributed by atoms with Crippen LogP contribution in [0.4, 0.5) is 0 Å². The van der Waals surface area contributed by atoms with Gasteiger partial charge in [0.05, 0.1) is 6.61 Å². The maximum atomic E-state index is 5.51. The molecule has 0 amide bonds. The Morgan fingerprint density at radius 3 is 2.54 bits per heavy atom. The molecule has 1 unspecified atom stereocenters. The molecule has 0 aliphatic rings. The fourth-order valence-electron chi connectivity index (χ4n) is 1.27. The van der Waals surface area contributed by atoms with Gasteiger partial charge in [-0.1, -0.05) is 45.8 Å². The molecule has 0 spiro atoms. The third kappa shape index (κ3) is 9.62. The zero-order valence-electron chi connectivity index (χ0n) is 9.38. The van der Waals surface area contributed by atoms with Crippen molar-refractivity contribution in [3.8, 4) is 0 Å². The monoisotopic (exact) mass is 184 g/mol. The van der Waals surface area contributed by atoms with Crippen LogP contribution < -0.4 is 0 Å². The lowest BCUT2D eigenvalue weighted by Gasteiger charge is -2.08. The van der Waals surface area contributed by atoms with Gasteiger partial charge in [0.2, 0.25) is 0 Å². The normalized spacial score (nSPS) is 13.8. The Bertz CT molecular complexity index is 118. The highest BCUT2D eigenvalue weighted by Crippen LogP contribution is 2.04. The second-order valence-corrected chi connectivity index (χ2v) is 3.69. The summed E-state index contributed by atoms with van der Waals surface area (Å²) in [5.74, 6) is 0.713. The summed E-state index contributed by atoms with van der Waals surface area (Å²) in [6.07, 6.45) is 9.26. The fourth-order valence-corrected chi connectivity index (χ4v) is 1.27. The van der Waals surface area contributed by atoms with Gasteiger partial charge in [0, 0.05) is 6.61 Å². The first-order chi connectivity index (χ1) is 6.31. The van der Waals surface area contributed by atoms with Crippen LogP contribution in [0.2, 0.25) is 0 Å². The first-order valence-corrected chi connectivity index (χ1v) is 5.54. The summed E-state index contributed by atoms with van der Waals surface area (Å²) in [6, 6.07) is 0. The topological polar surface area (TPSA) is 9.23 Å². The quantitative estimate of drug-likeness (QED) is 0.412. The summed E-state index contributed by atoms with van der Waals surface area (Å²) < 4.78 is 5.51. The van der Waals surface area contributed by atoms with Crippen molar-refractivity contribution >= 4 is 0 Å². The zero-order valence-corrected chi connectivity index (χ0v) is 9.38. The van der Waals surface area contributed by atoms with Crippen molar-refractivity contribution in [1.82, 2.24) is 0 Å². The van der Waals surface area contributed by atoms with Crippen molar-refractivity contribution in [2.24, 2.45) is 5.92 Å². The molecule has 0 aromatic rings. The molecule has 0 saturated carbocycles. The molecule has 0 fully saturated rings. The SMILES string of the molecule is CCCC=CCOCC(C)CCC. The Kier molecular flexibility index (Phi) is 9.56. The standard InChI is InChI=1S/C12H24O/c1-4-6-7-8-10-13-11-12(3)9-5-2/h7-8,12H,4-6,9-11H2,1-3H3. The van der Waals surface area contributed by atoms with E-state index < -0.39 is 0 Å². The zero-order chi connectivity index (χ0) is 9.94. The number of allylic oxidation sites excluding steroid dienone is 1. The number of unbranched alkanes of at least 4 members (excludes halogenated alkanes) is 1. The summed E-state index contributed by atoms with van der Waals surface area (Å²) >= 11 is 0. The van der Waals surface area contributed by atoms with E-state index in [1.807, 2.05) is 0 Å². The van der Waals surface area contributed by atoms with Gasteiger partial charge in [-0.15, -0.1) is 0 Å². The number of hydrogen-bond donors (Lipinski definition) is 0. The van der Waals surface area contributed by atoms with Crippen molar-refractivity contribution in [1.29, 1.82) is 0 Å². The molecular weight excluding hydrogens is 160 g/mol. The summed E-state index contributed by atoms with van der Waals surface area (Å²) in [6.45, 7) is 8.35. The summed E-state index contributed by atoms with van der Waals surface area (Å²) in [4.78, 5) is 0. The molecule has 0 heterocycles. The third-order valence-corrected chi connectivity index (χ3v) is 2.02. The minimum atomic E-state index is 0.713. The van der Waals surface area contributed by atoms with Gasteiger partial charge in [0.15, 0.2) is 0 Å². The Labute approximate surface area is 83.2 Å². The molecule has 1 atom stereocenters. The van der Waals surface area contributed by atoms with Gasteiger partial charge in [-0.2, -0.15) is 0 Å². The van der Waals surface area contributed by atoms with Crippen LogP contribution in [-0.2, 0) is 4.74 Å². The van der Waals surface area contributed by atoms with Crippen molar-refractivity contribution in [3.63, 3.8) is 0 Å². The Hall–Kier alpha value is -0.300. The van der Waals surface area contributed by atoms with E-state index in [2.05, 4.69) is 32.9 Å². The smallest absolute Gasteiger partial charge is 0.0647 e. The van der Waals surface area contributed by atoms with Gasteiger partial charge in [0.25, 0.3) is 0 Å². The molecule has 0 bridgehead atoms. The van der Waals surface area contributed by atoms with Gasteiger partial charge >= 0.3 is 0 Å². The molecule has 78 valence electrons. The first kappa shape index (κ1) is 12.7. The largest absolute Gasteiger partial charge is 0.377 e. The molecule has 0 rings (SSSR count). The molecule has 0 aromatic carbocycles. The minimum Gasteiger partial charge on any atom is -0.377 e. The predicted molar refractivity (Wildman–Crippen MR) is 58.9 cm³/mol. The van der Waals surface area contributed by atoms with E-state index in [-0.39, 0.29) is 0 Å². The molecule has 13 heavy (non-hydrogen) atoms. The summed E-state index contributed by atoms with van der Waals surface area (Å²) in [5, 5.41) is 0. The maximum absolute atomic E-state index is 5.51. The van der Waals surface area contributed by atoms with Gasteiger partial charge in [-0.05, 0) is 18.8 Å². The van der Waals surface area contributed by atoms with E-state index in [4.69, 9.17) is 4.74 Å². The van der Waals surface area contributed by atoms with Crippen molar-refractivity contribution in [3.05, 3.63) is 12.2 Å². The van der Waals surface area contributed by atoms with Gasteiger partial charge in [-0.3, -0.25) is 0 Å². The predicted octanol–water partition coefficient (Wildman–Crippen LogP) is 3.80. The van der Waals surface area contributed by atoms with Crippen molar-refractivity contribution < 1.29 is 4.74 Å². The molecule has 0 radical (unpaired) electrons. The van der Waals surface area contributed by atoms with Crippen LogP contribution in [0.1, 0.15) is 46.5 Å². The van der Waals surface area contributed by atoms with Crippen LogP contribution in [0.15, 0.2) is 12.2 Å². The van der Waals surface area contributed by atoms with Crippen LogP contribution in [0, 0.1) is 5.92 Å². The van der Waals surface area contributed by atoms with Crippen molar-refractivity contribution in [2.75, 3.05) is 13.2 Å². The van der Waals surface area contributed by atoms with Gasteiger partial charge < -0.3 is 4.74 Å². The van der Waals surface area contributed by atoms with Crippen LogP contribution in [-0.4, -0.2) is 13.2 Å². The van der Waals surface area contributed by atoms with Crippen LogP contribution in [0.5, 0.6) is 0 Å². The summed E-state index contributed by atoms with van der Waals surface area (Å²) in [7, 11) is 0. The van der Waals surface area contributed by atoms with E-state index in [0.29, 0.717) is 5.92 Å². The molecule has 0 aliphatic heterocycles. The molecular formula is C12H24O. The highest BCUT2D eigenvalue weighted by Gasteiger charge is 1.98. The Morgan fingerprint density at radius 2 is 1.92 bits per heavy atom. The first-order valence-electron chi connectivity index (χ1n) is 5.54. The number of ether oxygens (including phenoxy) is 1. The highest BCUT2D eigenvalue weighted by molar-refractivity contribution is 4.80. The van der Waals surface area contributed by atoms with E-state index in [9.17, 15) is 0 Å².